The first-order valence-electron chi connectivity index (χ1n) is 7.00. The molecule has 1 amide bonds. The summed E-state index contributed by atoms with van der Waals surface area (Å²) in [7, 11) is 0. The number of hydrogen-bond donors (Lipinski definition) is 0. The first kappa shape index (κ1) is 14.7. The number of carbonyl (C=O) groups excluding carboxylic acids is 1. The number of aliphatic imine (C=N–C) groups is 1. The van der Waals surface area contributed by atoms with E-state index in [4.69, 9.17) is 11.6 Å². The Bertz CT molecular complexity index is 555. The molecule has 3 rings (SSSR count). The van der Waals surface area contributed by atoms with Gasteiger partial charge in [0.05, 0.1) is 12.1 Å². The largest absolute Gasteiger partial charge is 0.348 e. The van der Waals surface area contributed by atoms with Crippen LogP contribution in [-0.2, 0) is 0 Å². The van der Waals surface area contributed by atoms with E-state index in [1.807, 2.05) is 16.7 Å². The van der Waals surface area contributed by atoms with Crippen LogP contribution >= 0.6 is 23.4 Å². The minimum absolute atomic E-state index is 0.0215. The van der Waals surface area contributed by atoms with Crippen LogP contribution in [0.15, 0.2) is 23.3 Å². The molecular weight excluding hydrogens is 308 g/mol. The van der Waals surface area contributed by atoms with Gasteiger partial charge >= 0.3 is 0 Å². The first-order valence-corrected chi connectivity index (χ1v) is 8.26. The quantitative estimate of drug-likeness (QED) is 0.741. The van der Waals surface area contributed by atoms with Crippen molar-refractivity contribution in [2.45, 2.75) is 12.2 Å². The summed E-state index contributed by atoms with van der Waals surface area (Å²) in [5.41, 5.74) is 0.592. The molecule has 5 nitrogen and oxygen atoms in total. The average molecular weight is 325 g/mol. The lowest BCUT2D eigenvalue weighted by molar-refractivity contribution is 0.0693. The topological polar surface area (TPSA) is 48.8 Å². The molecule has 0 unspecified atom stereocenters. The zero-order valence-corrected chi connectivity index (χ0v) is 13.4. The molecule has 3 heterocycles. The molecule has 0 aliphatic carbocycles. The summed E-state index contributed by atoms with van der Waals surface area (Å²) in [5, 5.41) is 2.10. The number of aromatic nitrogens is 1. The molecule has 21 heavy (non-hydrogen) atoms. The van der Waals surface area contributed by atoms with Gasteiger partial charge in [-0.05, 0) is 12.1 Å². The first-order chi connectivity index (χ1) is 10.1. The molecule has 1 aromatic rings. The van der Waals surface area contributed by atoms with Crippen molar-refractivity contribution >= 4 is 34.4 Å². The number of amidine groups is 1. The van der Waals surface area contributed by atoms with E-state index in [0.717, 1.165) is 37.9 Å². The smallest absolute Gasteiger partial charge is 0.255 e. The molecule has 2 aliphatic heterocycles. The molecule has 0 N–H and O–H groups in total. The Morgan fingerprint density at radius 3 is 2.67 bits per heavy atom. The van der Waals surface area contributed by atoms with Crippen LogP contribution in [0, 0.1) is 0 Å². The lowest BCUT2D eigenvalue weighted by Gasteiger charge is -2.35. The lowest BCUT2D eigenvalue weighted by atomic mass is 10.2. The van der Waals surface area contributed by atoms with Gasteiger partial charge in [-0.1, -0.05) is 30.3 Å². The van der Waals surface area contributed by atoms with Crippen LogP contribution in [0.25, 0.3) is 0 Å². The number of piperazine rings is 1. The zero-order valence-electron chi connectivity index (χ0n) is 11.8. The highest BCUT2D eigenvalue weighted by Gasteiger charge is 2.27. The van der Waals surface area contributed by atoms with E-state index in [-0.39, 0.29) is 5.91 Å². The molecule has 1 aromatic heterocycles. The molecule has 112 valence electrons. The van der Waals surface area contributed by atoms with Crippen molar-refractivity contribution in [3.63, 3.8) is 0 Å². The second-order valence-electron chi connectivity index (χ2n) is 5.20. The predicted octanol–water partition coefficient (Wildman–Crippen LogP) is 1.98. The summed E-state index contributed by atoms with van der Waals surface area (Å²) in [6.07, 6.45) is 1.54. The Balaban J connectivity index is 1.58. The van der Waals surface area contributed by atoms with Crippen LogP contribution in [-0.4, -0.2) is 63.8 Å². The summed E-state index contributed by atoms with van der Waals surface area (Å²) in [4.78, 5) is 25.0. The summed E-state index contributed by atoms with van der Waals surface area (Å²) >= 11 is 7.57. The molecule has 1 saturated heterocycles. The van der Waals surface area contributed by atoms with Crippen molar-refractivity contribution in [1.82, 2.24) is 14.8 Å². The van der Waals surface area contributed by atoms with E-state index >= 15 is 0 Å². The van der Waals surface area contributed by atoms with Gasteiger partial charge in [-0.15, -0.1) is 0 Å². The van der Waals surface area contributed by atoms with Crippen molar-refractivity contribution in [1.29, 1.82) is 0 Å². The molecule has 7 heteroatoms. The lowest BCUT2D eigenvalue weighted by Crippen LogP contribution is -2.49. The maximum atomic E-state index is 12.4. The maximum Gasteiger partial charge on any atom is 0.255 e. The molecule has 1 atom stereocenters. The normalized spacial score (nSPS) is 22.4. The average Bonchev–Trinajstić information content (AvgIpc) is 2.94. The van der Waals surface area contributed by atoms with Crippen LogP contribution in [0.4, 0.5) is 0 Å². The highest BCUT2D eigenvalue weighted by atomic mass is 35.5. The van der Waals surface area contributed by atoms with E-state index in [2.05, 4.69) is 21.8 Å². The van der Waals surface area contributed by atoms with Gasteiger partial charge in [0, 0.05) is 37.6 Å². The van der Waals surface area contributed by atoms with Crippen LogP contribution in [0.2, 0.25) is 5.15 Å². The number of rotatable bonds is 1. The zero-order chi connectivity index (χ0) is 14.8. The highest BCUT2D eigenvalue weighted by molar-refractivity contribution is 8.14. The number of nitrogens with zero attached hydrogens (tertiary/aromatic N) is 4. The molecule has 0 aromatic carbocycles. The third-order valence-corrected chi connectivity index (χ3v) is 4.98. The van der Waals surface area contributed by atoms with Gasteiger partial charge in [0.15, 0.2) is 5.17 Å². The Morgan fingerprint density at radius 2 is 2.10 bits per heavy atom. The second kappa shape index (κ2) is 6.23. The summed E-state index contributed by atoms with van der Waals surface area (Å²) in [5.74, 6) is 0.0215. The van der Waals surface area contributed by atoms with Crippen molar-refractivity contribution in [2.24, 2.45) is 4.99 Å². The molecule has 0 bridgehead atoms. The Morgan fingerprint density at radius 1 is 1.33 bits per heavy atom. The monoisotopic (exact) mass is 324 g/mol. The van der Waals surface area contributed by atoms with Crippen molar-refractivity contribution in [2.75, 3.05) is 32.7 Å². The van der Waals surface area contributed by atoms with Crippen LogP contribution in [0.5, 0.6) is 0 Å². The van der Waals surface area contributed by atoms with Gasteiger partial charge in [-0.25, -0.2) is 4.98 Å². The van der Waals surface area contributed by atoms with Gasteiger partial charge in [0.2, 0.25) is 0 Å². The van der Waals surface area contributed by atoms with E-state index in [9.17, 15) is 4.79 Å². The van der Waals surface area contributed by atoms with Crippen LogP contribution in [0.1, 0.15) is 17.3 Å². The van der Waals surface area contributed by atoms with Crippen molar-refractivity contribution < 1.29 is 4.79 Å². The van der Waals surface area contributed by atoms with Gasteiger partial charge in [-0.3, -0.25) is 9.79 Å². The van der Waals surface area contributed by atoms with Gasteiger partial charge in [-0.2, -0.15) is 0 Å². The molecule has 0 spiro atoms. The Kier molecular flexibility index (Phi) is 4.35. The van der Waals surface area contributed by atoms with Gasteiger partial charge in [0.25, 0.3) is 5.91 Å². The fraction of sp³-hybridized carbons (Fsp3) is 0.500. The molecular formula is C14H17ClN4OS. The molecule has 0 saturated carbocycles. The summed E-state index contributed by atoms with van der Waals surface area (Å²) in [6, 6.07) is 3.37. The fourth-order valence-corrected chi connectivity index (χ4v) is 3.52. The van der Waals surface area contributed by atoms with Crippen LogP contribution in [0.3, 0.4) is 0 Å². The molecule has 0 radical (unpaired) electrons. The number of thioether (sulfide) groups is 1. The van der Waals surface area contributed by atoms with Crippen LogP contribution < -0.4 is 0 Å². The van der Waals surface area contributed by atoms with Gasteiger partial charge < -0.3 is 9.80 Å². The third kappa shape index (κ3) is 3.32. The highest BCUT2D eigenvalue weighted by Crippen LogP contribution is 2.23. The molecule has 1 fully saturated rings. The van der Waals surface area contributed by atoms with E-state index < -0.39 is 0 Å². The Labute approximate surface area is 133 Å². The van der Waals surface area contributed by atoms with E-state index in [0.29, 0.717) is 16.0 Å². The van der Waals surface area contributed by atoms with Crippen molar-refractivity contribution in [3.8, 4) is 0 Å². The van der Waals surface area contributed by atoms with Crippen molar-refractivity contribution in [3.05, 3.63) is 29.0 Å². The number of carbonyl (C=O) groups is 1. The van der Waals surface area contributed by atoms with Gasteiger partial charge in [0.1, 0.15) is 5.15 Å². The third-order valence-electron chi connectivity index (χ3n) is 3.60. The van der Waals surface area contributed by atoms with E-state index in [1.54, 1.807) is 12.1 Å². The minimum Gasteiger partial charge on any atom is -0.348 e. The predicted molar refractivity (Wildman–Crippen MR) is 86.1 cm³/mol. The fourth-order valence-electron chi connectivity index (χ4n) is 2.42. The van der Waals surface area contributed by atoms with E-state index in [1.165, 1.54) is 6.20 Å². The maximum absolute atomic E-state index is 12.4. The standard InChI is InChI=1S/C14H17ClN4OS/c1-10-8-17-14(21-10)19-6-4-18(5-7-19)13(20)11-2-3-12(15)16-9-11/h2-3,9-10H,4-8H2,1H3/t10-/m0/s1. The number of hydrogen-bond acceptors (Lipinski definition) is 5. The SMILES string of the molecule is C[C@H]1CN=C(N2CCN(C(=O)c3ccc(Cl)nc3)CC2)S1. The minimum atomic E-state index is 0.0215. The number of pyridine rings is 1. The summed E-state index contributed by atoms with van der Waals surface area (Å²) < 4.78 is 0. The number of amides is 1. The number of halogens is 1. The summed E-state index contributed by atoms with van der Waals surface area (Å²) in [6.45, 7) is 6.20. The second-order valence-corrected chi connectivity index (χ2v) is 6.99. The molecule has 2 aliphatic rings. The Hall–Kier alpha value is -1.27.